The predicted octanol–water partition coefficient (Wildman–Crippen LogP) is 4.54. The maximum Gasteiger partial charge on any atom is 0.433 e. The van der Waals surface area contributed by atoms with Crippen molar-refractivity contribution in [2.75, 3.05) is 14.2 Å². The first-order valence-corrected chi connectivity index (χ1v) is 12.3. The van der Waals surface area contributed by atoms with Crippen molar-refractivity contribution < 1.29 is 33.5 Å². The molecule has 0 fully saturated rings. The lowest BCUT2D eigenvalue weighted by Gasteiger charge is -2.30. The van der Waals surface area contributed by atoms with Crippen molar-refractivity contribution in [1.29, 1.82) is 0 Å². The fourth-order valence-electron chi connectivity index (χ4n) is 3.98. The molecule has 38 heavy (non-hydrogen) atoms. The number of esters is 2. The second kappa shape index (κ2) is 11.7. The summed E-state index contributed by atoms with van der Waals surface area (Å²) in [5.74, 6) is -1.64. The monoisotopic (exact) mass is 536 g/mol. The van der Waals surface area contributed by atoms with Crippen LogP contribution in [-0.4, -0.2) is 41.1 Å². The van der Waals surface area contributed by atoms with E-state index in [9.17, 15) is 24.8 Å². The molecule has 0 amide bonds. The fourth-order valence-corrected chi connectivity index (χ4v) is 4.79. The molecule has 0 aliphatic carbocycles. The number of nitro groups is 1. The minimum absolute atomic E-state index is 0.0307. The number of carbonyl (C=O) groups is 2. The molecule has 0 radical (unpaired) electrons. The Kier molecular flexibility index (Phi) is 8.19. The van der Waals surface area contributed by atoms with Gasteiger partial charge >= 0.3 is 17.8 Å². The molecule has 1 N–H and O–H groups in total. The third-order valence-electron chi connectivity index (χ3n) is 5.86. The molecule has 10 nitrogen and oxygen atoms in total. The number of thiophene rings is 1. The highest BCUT2D eigenvalue weighted by molar-refractivity contribution is 7.10. The van der Waals surface area contributed by atoms with Crippen LogP contribution in [0.1, 0.15) is 27.8 Å². The van der Waals surface area contributed by atoms with Crippen LogP contribution in [0.5, 0.6) is 0 Å². The van der Waals surface area contributed by atoms with Crippen molar-refractivity contribution in [3.05, 3.63) is 115 Å². The molecule has 0 saturated heterocycles. The minimum Gasteiger partial charge on any atom is -0.465 e. The molecule has 196 valence electrons. The maximum atomic E-state index is 13.0. The number of nitrogens with zero attached hydrogens (tertiary/aromatic N) is 2. The predicted molar refractivity (Wildman–Crippen MR) is 139 cm³/mol. The number of aliphatic hydroxyl groups excluding tert-OH is 1. The summed E-state index contributed by atoms with van der Waals surface area (Å²) < 4.78 is 15.4. The van der Waals surface area contributed by atoms with Crippen molar-refractivity contribution in [2.24, 2.45) is 0 Å². The van der Waals surface area contributed by atoms with Crippen molar-refractivity contribution in [3.8, 4) is 0 Å². The summed E-state index contributed by atoms with van der Waals surface area (Å²) in [4.78, 5) is 39.0. The minimum atomic E-state index is -0.765. The van der Waals surface area contributed by atoms with Crippen LogP contribution in [0.2, 0.25) is 0 Å². The largest absolute Gasteiger partial charge is 0.465 e. The van der Waals surface area contributed by atoms with Crippen LogP contribution in [-0.2, 0) is 32.2 Å². The number of methoxy groups -OCH3 is 2. The van der Waals surface area contributed by atoms with E-state index in [0.717, 1.165) is 10.4 Å². The first kappa shape index (κ1) is 26.6. The van der Waals surface area contributed by atoms with E-state index in [0.29, 0.717) is 11.1 Å². The van der Waals surface area contributed by atoms with E-state index >= 15 is 0 Å². The molecule has 3 heterocycles. The lowest BCUT2D eigenvalue weighted by Crippen LogP contribution is -2.26. The van der Waals surface area contributed by atoms with E-state index in [1.807, 2.05) is 23.6 Å². The molecule has 1 aliphatic rings. The zero-order chi connectivity index (χ0) is 27.2. The van der Waals surface area contributed by atoms with Gasteiger partial charge in [0.1, 0.15) is 10.7 Å². The molecule has 1 aliphatic heterocycles. The van der Waals surface area contributed by atoms with Gasteiger partial charge in [0, 0.05) is 11.1 Å². The normalized spacial score (nSPS) is 15.5. The number of furan rings is 1. The highest BCUT2D eigenvalue weighted by Gasteiger charge is 2.30. The molecule has 1 unspecified atom stereocenters. The molecule has 11 heteroatoms. The summed E-state index contributed by atoms with van der Waals surface area (Å²) in [5.41, 5.74) is 1.96. The van der Waals surface area contributed by atoms with Gasteiger partial charge in [-0.25, -0.2) is 9.59 Å². The standard InChI is InChI=1S/C27H24N2O8S/c1-35-26(31)21-12-19(18-7-5-17(16-30)6-8-18)13-23(24-4-3-11-38-24)28(15-22(21)27(32)36-2)14-20-9-10-25(37-20)29(33)34/h3-13,15,23,30H,14,16H2,1-2H3. The van der Waals surface area contributed by atoms with Gasteiger partial charge in [0.2, 0.25) is 0 Å². The number of ether oxygens (including phenoxy) is 2. The van der Waals surface area contributed by atoms with Gasteiger partial charge in [-0.15, -0.1) is 11.3 Å². The summed E-state index contributed by atoms with van der Waals surface area (Å²) in [7, 11) is 2.42. The molecule has 1 atom stereocenters. The van der Waals surface area contributed by atoms with Crippen LogP contribution in [0, 0.1) is 10.1 Å². The third-order valence-corrected chi connectivity index (χ3v) is 6.80. The van der Waals surface area contributed by atoms with Gasteiger partial charge in [-0.3, -0.25) is 10.1 Å². The number of carbonyl (C=O) groups excluding carboxylic acids is 2. The summed E-state index contributed by atoms with van der Waals surface area (Å²) in [6.07, 6.45) is 4.97. The number of benzene rings is 1. The zero-order valence-corrected chi connectivity index (χ0v) is 21.3. The second-order valence-electron chi connectivity index (χ2n) is 8.19. The first-order valence-electron chi connectivity index (χ1n) is 11.4. The van der Waals surface area contributed by atoms with E-state index in [-0.39, 0.29) is 30.1 Å². The highest BCUT2D eigenvalue weighted by atomic mass is 32.1. The van der Waals surface area contributed by atoms with Crippen LogP contribution >= 0.6 is 11.3 Å². The van der Waals surface area contributed by atoms with Crippen LogP contribution in [0.25, 0.3) is 5.57 Å². The van der Waals surface area contributed by atoms with E-state index in [2.05, 4.69) is 0 Å². The van der Waals surface area contributed by atoms with E-state index in [1.54, 1.807) is 35.2 Å². The molecule has 2 aromatic heterocycles. The molecule has 0 spiro atoms. The van der Waals surface area contributed by atoms with Gasteiger partial charge in [-0.1, -0.05) is 30.3 Å². The Balaban J connectivity index is 1.95. The van der Waals surface area contributed by atoms with Crippen LogP contribution in [0.15, 0.2) is 87.8 Å². The zero-order valence-electron chi connectivity index (χ0n) is 20.5. The van der Waals surface area contributed by atoms with Gasteiger partial charge in [-0.05, 0) is 46.4 Å². The van der Waals surface area contributed by atoms with Crippen LogP contribution < -0.4 is 0 Å². The second-order valence-corrected chi connectivity index (χ2v) is 9.17. The number of aliphatic hydroxyl groups is 1. The average molecular weight is 537 g/mol. The smallest absolute Gasteiger partial charge is 0.433 e. The number of hydrogen-bond acceptors (Lipinski definition) is 10. The molecular formula is C27H24N2O8S. The lowest BCUT2D eigenvalue weighted by molar-refractivity contribution is -0.402. The Hall–Kier alpha value is -4.48. The van der Waals surface area contributed by atoms with Gasteiger partial charge in [0.15, 0.2) is 0 Å². The van der Waals surface area contributed by atoms with Gasteiger partial charge in [0.05, 0.1) is 50.6 Å². The van der Waals surface area contributed by atoms with Crippen LogP contribution in [0.4, 0.5) is 5.88 Å². The molecule has 3 aromatic rings. The fraction of sp³-hybridized carbons (Fsp3) is 0.185. The number of rotatable bonds is 8. The molecule has 1 aromatic carbocycles. The summed E-state index contributed by atoms with van der Waals surface area (Å²) in [6.45, 7) is -0.0860. The third kappa shape index (κ3) is 5.74. The Bertz CT molecular complexity index is 1420. The van der Waals surface area contributed by atoms with Crippen LogP contribution in [0.3, 0.4) is 0 Å². The summed E-state index contributed by atoms with van der Waals surface area (Å²) >= 11 is 1.48. The SMILES string of the molecule is COC(=O)C1=CC(c2ccc(CO)cc2)=CC(c2cccs2)N(Cc2ccc([N+](=O)[O-])o2)C=C1C(=O)OC. The first-order chi connectivity index (χ1) is 18.3. The van der Waals surface area contributed by atoms with Gasteiger partial charge in [0.25, 0.3) is 0 Å². The Labute approximate surface area is 221 Å². The Morgan fingerprint density at radius 1 is 1.08 bits per heavy atom. The van der Waals surface area contributed by atoms with Crippen molar-refractivity contribution in [3.63, 3.8) is 0 Å². The summed E-state index contributed by atoms with van der Waals surface area (Å²) in [6, 6.07) is 13.2. The van der Waals surface area contributed by atoms with Crippen molar-refractivity contribution in [1.82, 2.24) is 4.90 Å². The summed E-state index contributed by atoms with van der Waals surface area (Å²) in [5, 5.41) is 22.6. The van der Waals surface area contributed by atoms with E-state index < -0.39 is 28.8 Å². The molecule has 0 bridgehead atoms. The van der Waals surface area contributed by atoms with E-state index in [4.69, 9.17) is 13.9 Å². The Morgan fingerprint density at radius 2 is 1.79 bits per heavy atom. The number of allylic oxidation sites excluding steroid dienone is 2. The molecular weight excluding hydrogens is 512 g/mol. The number of hydrogen-bond donors (Lipinski definition) is 1. The van der Waals surface area contributed by atoms with Crippen molar-refractivity contribution in [2.45, 2.75) is 19.2 Å². The Morgan fingerprint density at radius 3 is 2.37 bits per heavy atom. The van der Waals surface area contributed by atoms with Gasteiger partial charge in [-0.2, -0.15) is 0 Å². The molecule has 0 saturated carbocycles. The topological polar surface area (TPSA) is 132 Å². The lowest BCUT2D eigenvalue weighted by atomic mass is 9.94. The maximum absolute atomic E-state index is 13.0. The molecule has 4 rings (SSSR count). The average Bonchev–Trinajstić information content (AvgIpc) is 3.63. The van der Waals surface area contributed by atoms with E-state index in [1.165, 1.54) is 43.9 Å². The highest BCUT2D eigenvalue weighted by Crippen LogP contribution is 2.36. The van der Waals surface area contributed by atoms with Crippen molar-refractivity contribution >= 4 is 34.7 Å². The van der Waals surface area contributed by atoms with Gasteiger partial charge < -0.3 is 23.9 Å². The quantitative estimate of drug-likeness (QED) is 0.250.